The third kappa shape index (κ3) is 2.21. The van der Waals surface area contributed by atoms with E-state index < -0.39 is 0 Å². The fraction of sp³-hybridized carbons (Fsp3) is 0.727. The first kappa shape index (κ1) is 10.6. The summed E-state index contributed by atoms with van der Waals surface area (Å²) in [6, 6.07) is 0. The van der Waals surface area contributed by atoms with Gasteiger partial charge in [-0.05, 0) is 12.5 Å². The molecule has 0 bridgehead atoms. The van der Waals surface area contributed by atoms with Gasteiger partial charge in [0.25, 0.3) is 0 Å². The van der Waals surface area contributed by atoms with Crippen molar-refractivity contribution in [2.75, 3.05) is 26.7 Å². The van der Waals surface area contributed by atoms with Gasteiger partial charge in [-0.3, -0.25) is 14.7 Å². The molecule has 4 heteroatoms. The Balaban J connectivity index is 2.01. The molecule has 1 fully saturated rings. The Labute approximate surface area is 90.2 Å². The zero-order valence-corrected chi connectivity index (χ0v) is 9.38. The lowest BCUT2D eigenvalue weighted by atomic mass is 9.92. The van der Waals surface area contributed by atoms with Crippen molar-refractivity contribution in [1.82, 2.24) is 10.4 Å². The van der Waals surface area contributed by atoms with Gasteiger partial charge in [-0.15, -0.1) is 0 Å². The minimum atomic E-state index is 0.132. The largest absolute Gasteiger partial charge is 0.316 e. The van der Waals surface area contributed by atoms with E-state index in [0.717, 1.165) is 19.5 Å². The molecule has 1 unspecified atom stereocenters. The molecule has 84 valence electrons. The van der Waals surface area contributed by atoms with Crippen LogP contribution in [0, 0.1) is 5.92 Å². The van der Waals surface area contributed by atoms with E-state index >= 15 is 0 Å². The van der Waals surface area contributed by atoms with Gasteiger partial charge in [0.2, 0.25) is 0 Å². The van der Waals surface area contributed by atoms with Gasteiger partial charge in [-0.2, -0.15) is 0 Å². The number of nitrogens with one attached hydrogen (secondary N) is 1. The fourth-order valence-corrected chi connectivity index (χ4v) is 2.15. The number of hydrogen-bond acceptors (Lipinski definition) is 4. The average Bonchev–Trinajstić information content (AvgIpc) is 2.53. The normalized spacial score (nSPS) is 27.7. The summed E-state index contributed by atoms with van der Waals surface area (Å²) in [5.74, 6) is 0.516. The van der Waals surface area contributed by atoms with E-state index in [1.165, 1.54) is 11.3 Å². The van der Waals surface area contributed by atoms with Crippen LogP contribution in [0.3, 0.4) is 0 Å². The molecule has 1 atom stereocenters. The van der Waals surface area contributed by atoms with Crippen LogP contribution in [0.5, 0.6) is 0 Å². The summed E-state index contributed by atoms with van der Waals surface area (Å²) < 4.78 is 0. The summed E-state index contributed by atoms with van der Waals surface area (Å²) in [6.07, 6.45) is 1.48. The predicted octanol–water partition coefficient (Wildman–Crippen LogP) is 0.706. The van der Waals surface area contributed by atoms with Gasteiger partial charge in [0, 0.05) is 44.6 Å². The highest BCUT2D eigenvalue weighted by Crippen LogP contribution is 2.25. The van der Waals surface area contributed by atoms with E-state index in [1.807, 2.05) is 7.05 Å². The highest BCUT2D eigenvalue weighted by molar-refractivity contribution is 5.82. The van der Waals surface area contributed by atoms with Crippen molar-refractivity contribution in [3.05, 3.63) is 11.3 Å². The maximum absolute atomic E-state index is 11.7. The topological polar surface area (TPSA) is 41.6 Å². The zero-order chi connectivity index (χ0) is 10.8. The lowest BCUT2D eigenvalue weighted by Crippen LogP contribution is -2.37. The molecule has 0 aromatic heterocycles. The molecule has 1 N–H and O–H groups in total. The maximum atomic E-state index is 11.7. The third-order valence-corrected chi connectivity index (χ3v) is 3.18. The summed E-state index contributed by atoms with van der Waals surface area (Å²) in [7, 11) is 1.91. The van der Waals surface area contributed by atoms with Crippen LogP contribution in [0.25, 0.3) is 0 Å². The van der Waals surface area contributed by atoms with Crippen molar-refractivity contribution in [2.45, 2.75) is 19.8 Å². The van der Waals surface area contributed by atoms with Crippen LogP contribution >= 0.6 is 0 Å². The van der Waals surface area contributed by atoms with Crippen LogP contribution in [0.1, 0.15) is 19.8 Å². The van der Waals surface area contributed by atoms with E-state index in [0.29, 0.717) is 18.8 Å². The second-order valence-corrected chi connectivity index (χ2v) is 4.32. The van der Waals surface area contributed by atoms with E-state index in [-0.39, 0.29) is 5.92 Å². The number of rotatable bonds is 2. The summed E-state index contributed by atoms with van der Waals surface area (Å²) in [4.78, 5) is 17.1. The Kier molecular flexibility index (Phi) is 3.07. The number of carbonyl (C=O) groups excluding carboxylic acids is 1. The van der Waals surface area contributed by atoms with Crippen molar-refractivity contribution in [3.8, 4) is 0 Å². The Morgan fingerprint density at radius 3 is 3.00 bits per heavy atom. The van der Waals surface area contributed by atoms with Crippen LogP contribution in [0.2, 0.25) is 0 Å². The highest BCUT2D eigenvalue weighted by Gasteiger charge is 2.27. The number of Topliss-reactive ketones (excluding diaryl/α,β-unsaturated/α-hetero) is 1. The smallest absolute Gasteiger partial charge is 0.138 e. The van der Waals surface area contributed by atoms with Gasteiger partial charge in [0.15, 0.2) is 0 Å². The van der Waals surface area contributed by atoms with E-state index in [4.69, 9.17) is 4.84 Å². The van der Waals surface area contributed by atoms with Crippen molar-refractivity contribution in [1.29, 1.82) is 0 Å². The Bertz CT molecular complexity index is 299. The lowest BCUT2D eigenvalue weighted by molar-refractivity contribution is -0.124. The first-order chi connectivity index (χ1) is 7.18. The third-order valence-electron chi connectivity index (χ3n) is 3.18. The van der Waals surface area contributed by atoms with Crippen molar-refractivity contribution in [3.63, 3.8) is 0 Å². The van der Waals surface area contributed by atoms with Crippen molar-refractivity contribution in [2.24, 2.45) is 5.92 Å². The highest BCUT2D eigenvalue weighted by atomic mass is 16.7. The Morgan fingerprint density at radius 2 is 2.40 bits per heavy atom. The first-order valence-electron chi connectivity index (χ1n) is 5.47. The fourth-order valence-electron chi connectivity index (χ4n) is 2.15. The molecule has 1 saturated heterocycles. The summed E-state index contributed by atoms with van der Waals surface area (Å²) >= 11 is 0. The van der Waals surface area contributed by atoms with Crippen LogP contribution in [0.4, 0.5) is 0 Å². The zero-order valence-electron chi connectivity index (χ0n) is 9.38. The molecule has 4 nitrogen and oxygen atoms in total. The molecule has 2 aliphatic rings. The minimum Gasteiger partial charge on any atom is -0.316 e. The minimum absolute atomic E-state index is 0.132. The van der Waals surface area contributed by atoms with Crippen LogP contribution in [-0.2, 0) is 9.63 Å². The average molecular weight is 210 g/mol. The van der Waals surface area contributed by atoms with Gasteiger partial charge in [0.1, 0.15) is 5.78 Å². The second-order valence-electron chi connectivity index (χ2n) is 4.32. The number of hydrogen-bond donors (Lipinski definition) is 1. The van der Waals surface area contributed by atoms with E-state index in [2.05, 4.69) is 12.2 Å². The Hall–Kier alpha value is -0.870. The predicted molar refractivity (Wildman–Crippen MR) is 57.0 cm³/mol. The molecule has 0 aromatic carbocycles. The van der Waals surface area contributed by atoms with Crippen molar-refractivity contribution >= 4 is 5.78 Å². The quantitative estimate of drug-likeness (QED) is 0.728. The molecular weight excluding hydrogens is 192 g/mol. The maximum Gasteiger partial charge on any atom is 0.138 e. The number of piperidine rings is 1. The van der Waals surface area contributed by atoms with Gasteiger partial charge in [-0.25, -0.2) is 0 Å². The van der Waals surface area contributed by atoms with Crippen LogP contribution < -0.4 is 5.32 Å². The molecule has 2 rings (SSSR count). The number of hydroxylamine groups is 2. The number of carbonyl (C=O) groups is 1. The molecule has 0 amide bonds. The molecular formula is C11H18N2O2. The van der Waals surface area contributed by atoms with Gasteiger partial charge in [-0.1, -0.05) is 0 Å². The number of ketones is 1. The molecule has 15 heavy (non-hydrogen) atoms. The Morgan fingerprint density at radius 1 is 1.60 bits per heavy atom. The molecule has 0 aliphatic carbocycles. The molecule has 0 spiro atoms. The summed E-state index contributed by atoms with van der Waals surface area (Å²) in [6.45, 7) is 4.38. The van der Waals surface area contributed by atoms with Crippen molar-refractivity contribution < 1.29 is 9.63 Å². The molecule has 2 aliphatic heterocycles. The molecule has 2 heterocycles. The van der Waals surface area contributed by atoms with Gasteiger partial charge in [0.05, 0.1) is 6.61 Å². The standard InChI is InChI=1S/C11H18N2O2/c1-8-7-15-13(2)10(8)5-9-6-12-4-3-11(9)14/h9,12H,3-7H2,1-2H3. The molecule has 0 aromatic rings. The van der Waals surface area contributed by atoms with Gasteiger partial charge >= 0.3 is 0 Å². The monoisotopic (exact) mass is 210 g/mol. The molecule has 0 saturated carbocycles. The van der Waals surface area contributed by atoms with E-state index in [9.17, 15) is 4.79 Å². The van der Waals surface area contributed by atoms with Crippen LogP contribution in [0.15, 0.2) is 11.3 Å². The number of allylic oxidation sites excluding steroid dienone is 1. The SMILES string of the molecule is CC1=C(CC2CNCCC2=O)N(C)OC1. The summed E-state index contributed by atoms with van der Waals surface area (Å²) in [5.41, 5.74) is 2.42. The first-order valence-corrected chi connectivity index (χ1v) is 5.47. The van der Waals surface area contributed by atoms with Gasteiger partial charge < -0.3 is 5.32 Å². The lowest BCUT2D eigenvalue weighted by Gasteiger charge is -2.24. The van der Waals surface area contributed by atoms with Crippen LogP contribution in [-0.4, -0.2) is 37.6 Å². The molecule has 0 radical (unpaired) electrons. The van der Waals surface area contributed by atoms with E-state index in [1.54, 1.807) is 5.06 Å². The second kappa shape index (κ2) is 4.33. The summed E-state index contributed by atoms with van der Waals surface area (Å²) in [5, 5.41) is 5.07. The number of nitrogens with zero attached hydrogens (tertiary/aromatic N) is 1.